The van der Waals surface area contributed by atoms with Crippen LogP contribution in [0.5, 0.6) is 0 Å². The first kappa shape index (κ1) is 15.8. The predicted molar refractivity (Wildman–Crippen MR) is 91.4 cm³/mol. The summed E-state index contributed by atoms with van der Waals surface area (Å²) in [6, 6.07) is 15.2. The number of aliphatic hydroxyl groups is 1. The van der Waals surface area contributed by atoms with Gasteiger partial charge in [0.05, 0.1) is 12.1 Å². The van der Waals surface area contributed by atoms with E-state index in [0.29, 0.717) is 10.0 Å². The topological polar surface area (TPSA) is 23.5 Å². The Labute approximate surface area is 141 Å². The second-order valence-electron chi connectivity index (χ2n) is 5.74. The lowest BCUT2D eigenvalue weighted by Gasteiger charge is -2.32. The summed E-state index contributed by atoms with van der Waals surface area (Å²) in [7, 11) is 0. The van der Waals surface area contributed by atoms with Crippen LogP contribution in [-0.2, 0) is 0 Å². The molecule has 1 fully saturated rings. The van der Waals surface area contributed by atoms with Gasteiger partial charge in [-0.3, -0.25) is 4.90 Å². The first-order valence-electron chi connectivity index (χ1n) is 7.58. The van der Waals surface area contributed by atoms with Crippen molar-refractivity contribution in [2.45, 2.75) is 25.0 Å². The summed E-state index contributed by atoms with van der Waals surface area (Å²) < 4.78 is 0. The summed E-state index contributed by atoms with van der Waals surface area (Å²) in [6.07, 6.45) is 1.77. The summed E-state index contributed by atoms with van der Waals surface area (Å²) >= 11 is 12.0. The van der Waals surface area contributed by atoms with Crippen molar-refractivity contribution in [3.8, 4) is 0 Å². The van der Waals surface area contributed by atoms with E-state index in [0.717, 1.165) is 24.2 Å². The number of benzene rings is 2. The van der Waals surface area contributed by atoms with Crippen LogP contribution in [-0.4, -0.2) is 23.1 Å². The van der Waals surface area contributed by atoms with Gasteiger partial charge in [0, 0.05) is 10.0 Å². The van der Waals surface area contributed by atoms with E-state index in [1.807, 2.05) is 48.5 Å². The van der Waals surface area contributed by atoms with E-state index in [4.69, 9.17) is 23.2 Å². The maximum Gasteiger partial charge on any atom is 0.0986 e. The molecule has 1 heterocycles. The monoisotopic (exact) mass is 335 g/mol. The Morgan fingerprint density at radius 2 is 1.23 bits per heavy atom. The predicted octanol–water partition coefficient (Wildman–Crippen LogP) is 4.86. The van der Waals surface area contributed by atoms with Crippen molar-refractivity contribution in [1.82, 2.24) is 4.90 Å². The minimum Gasteiger partial charge on any atom is -0.386 e. The molecular weight excluding hydrogens is 317 g/mol. The minimum absolute atomic E-state index is 0.0547. The number of nitrogens with zero attached hydrogens (tertiary/aromatic N) is 1. The molecule has 1 saturated heterocycles. The van der Waals surface area contributed by atoms with Crippen molar-refractivity contribution in [3.05, 3.63) is 69.7 Å². The highest BCUT2D eigenvalue weighted by Gasteiger charge is 2.30. The Morgan fingerprint density at radius 3 is 1.73 bits per heavy atom. The molecule has 2 aromatic rings. The van der Waals surface area contributed by atoms with Crippen molar-refractivity contribution in [3.63, 3.8) is 0 Å². The SMILES string of the molecule is O[C@H](c1ccc(Cl)cc1)[C@@H](c1ccc(Cl)cc1)N1CCCC1. The Hall–Kier alpha value is -1.06. The number of hydrogen-bond donors (Lipinski definition) is 1. The van der Waals surface area contributed by atoms with Gasteiger partial charge in [0.15, 0.2) is 0 Å². The van der Waals surface area contributed by atoms with Gasteiger partial charge >= 0.3 is 0 Å². The molecule has 0 bridgehead atoms. The molecule has 0 radical (unpaired) electrons. The average Bonchev–Trinajstić information content (AvgIpc) is 3.04. The first-order chi connectivity index (χ1) is 10.6. The molecule has 1 aliphatic rings. The molecule has 3 rings (SSSR count). The minimum atomic E-state index is -0.587. The van der Waals surface area contributed by atoms with Gasteiger partial charge in [0.1, 0.15) is 0 Å². The van der Waals surface area contributed by atoms with Gasteiger partial charge in [-0.25, -0.2) is 0 Å². The van der Waals surface area contributed by atoms with E-state index >= 15 is 0 Å². The largest absolute Gasteiger partial charge is 0.386 e. The van der Waals surface area contributed by atoms with E-state index in [9.17, 15) is 5.11 Å². The molecule has 2 nitrogen and oxygen atoms in total. The Kier molecular flexibility index (Phi) is 5.04. The number of hydrogen-bond acceptors (Lipinski definition) is 2. The third-order valence-corrected chi connectivity index (χ3v) is 4.76. The number of likely N-dealkylation sites (tertiary alicyclic amines) is 1. The lowest BCUT2D eigenvalue weighted by Crippen LogP contribution is -2.30. The van der Waals surface area contributed by atoms with Gasteiger partial charge in [-0.1, -0.05) is 47.5 Å². The van der Waals surface area contributed by atoms with Gasteiger partial charge in [0.2, 0.25) is 0 Å². The van der Waals surface area contributed by atoms with Crippen molar-refractivity contribution < 1.29 is 5.11 Å². The average molecular weight is 336 g/mol. The molecule has 0 aromatic heterocycles. The zero-order valence-corrected chi connectivity index (χ0v) is 13.8. The molecular formula is C18H19Cl2NO. The normalized spacial score (nSPS) is 18.3. The lowest BCUT2D eigenvalue weighted by molar-refractivity contribution is 0.0607. The molecule has 0 aliphatic carbocycles. The van der Waals surface area contributed by atoms with Crippen LogP contribution in [0.3, 0.4) is 0 Å². The first-order valence-corrected chi connectivity index (χ1v) is 8.34. The van der Waals surface area contributed by atoms with E-state index in [2.05, 4.69) is 4.90 Å². The molecule has 22 heavy (non-hydrogen) atoms. The third-order valence-electron chi connectivity index (χ3n) is 4.26. The van der Waals surface area contributed by atoms with E-state index < -0.39 is 6.10 Å². The van der Waals surface area contributed by atoms with Crippen LogP contribution in [0.1, 0.15) is 36.1 Å². The van der Waals surface area contributed by atoms with Crippen LogP contribution in [0, 0.1) is 0 Å². The number of halogens is 2. The second kappa shape index (κ2) is 7.01. The number of rotatable bonds is 4. The van der Waals surface area contributed by atoms with E-state index in [1.54, 1.807) is 0 Å². The zero-order chi connectivity index (χ0) is 15.5. The van der Waals surface area contributed by atoms with Crippen molar-refractivity contribution in [1.29, 1.82) is 0 Å². The molecule has 0 saturated carbocycles. The molecule has 1 aliphatic heterocycles. The van der Waals surface area contributed by atoms with E-state index in [1.165, 1.54) is 12.8 Å². The second-order valence-corrected chi connectivity index (χ2v) is 6.61. The molecule has 0 amide bonds. The van der Waals surface area contributed by atoms with Gasteiger partial charge in [-0.15, -0.1) is 0 Å². The zero-order valence-electron chi connectivity index (χ0n) is 12.3. The summed E-state index contributed by atoms with van der Waals surface area (Å²) in [4.78, 5) is 2.35. The maximum absolute atomic E-state index is 10.9. The highest BCUT2D eigenvalue weighted by molar-refractivity contribution is 6.30. The summed E-state index contributed by atoms with van der Waals surface area (Å²) in [5.41, 5.74) is 1.98. The Morgan fingerprint density at radius 1 is 0.773 bits per heavy atom. The van der Waals surface area contributed by atoms with Crippen LogP contribution >= 0.6 is 23.2 Å². The molecule has 116 valence electrons. The van der Waals surface area contributed by atoms with Crippen LogP contribution in [0.15, 0.2) is 48.5 Å². The van der Waals surface area contributed by atoms with Gasteiger partial charge in [-0.2, -0.15) is 0 Å². The standard InChI is InChI=1S/C18H19Cl2NO/c19-15-7-3-13(4-8-15)17(21-11-1-2-12-21)18(22)14-5-9-16(20)10-6-14/h3-10,17-18,22H,1-2,11-12H2/t17-,18-/m1/s1. The molecule has 1 N–H and O–H groups in total. The Balaban J connectivity index is 1.93. The lowest BCUT2D eigenvalue weighted by atomic mass is 9.94. The summed E-state index contributed by atoms with van der Waals surface area (Å²) in [5, 5.41) is 12.3. The fraction of sp³-hybridized carbons (Fsp3) is 0.333. The highest BCUT2D eigenvalue weighted by atomic mass is 35.5. The van der Waals surface area contributed by atoms with Crippen LogP contribution in [0.4, 0.5) is 0 Å². The maximum atomic E-state index is 10.9. The summed E-state index contributed by atoms with van der Waals surface area (Å²) in [6.45, 7) is 2.02. The highest BCUT2D eigenvalue weighted by Crippen LogP contribution is 2.36. The van der Waals surface area contributed by atoms with Gasteiger partial charge in [0.25, 0.3) is 0 Å². The quantitative estimate of drug-likeness (QED) is 0.861. The molecule has 0 unspecified atom stereocenters. The molecule has 2 atom stereocenters. The molecule has 4 heteroatoms. The fourth-order valence-corrected chi connectivity index (χ4v) is 3.37. The molecule has 0 spiro atoms. The van der Waals surface area contributed by atoms with Gasteiger partial charge in [-0.05, 0) is 61.3 Å². The van der Waals surface area contributed by atoms with Crippen molar-refractivity contribution in [2.75, 3.05) is 13.1 Å². The van der Waals surface area contributed by atoms with Crippen LogP contribution < -0.4 is 0 Å². The van der Waals surface area contributed by atoms with Crippen LogP contribution in [0.25, 0.3) is 0 Å². The van der Waals surface area contributed by atoms with Crippen molar-refractivity contribution >= 4 is 23.2 Å². The van der Waals surface area contributed by atoms with E-state index in [-0.39, 0.29) is 6.04 Å². The molecule has 2 aromatic carbocycles. The number of aliphatic hydroxyl groups excluding tert-OH is 1. The summed E-state index contributed by atoms with van der Waals surface area (Å²) in [5.74, 6) is 0. The smallest absolute Gasteiger partial charge is 0.0986 e. The Bertz CT molecular complexity index is 606. The fourth-order valence-electron chi connectivity index (χ4n) is 3.11. The van der Waals surface area contributed by atoms with Crippen molar-refractivity contribution in [2.24, 2.45) is 0 Å². The van der Waals surface area contributed by atoms with Crippen LogP contribution in [0.2, 0.25) is 10.0 Å². The van der Waals surface area contributed by atoms with Gasteiger partial charge < -0.3 is 5.11 Å². The third kappa shape index (κ3) is 3.47.